The Morgan fingerprint density at radius 1 is 1.33 bits per heavy atom. The fourth-order valence-corrected chi connectivity index (χ4v) is 2.10. The van der Waals surface area contributed by atoms with E-state index in [4.69, 9.17) is 5.11 Å². The number of hydrogen-bond donors (Lipinski definition) is 1. The molecule has 0 heterocycles. The lowest BCUT2D eigenvalue weighted by molar-refractivity contribution is -0.164. The van der Waals surface area contributed by atoms with E-state index in [0.717, 1.165) is 12.8 Å². The van der Waals surface area contributed by atoms with E-state index in [1.165, 1.54) is 11.8 Å². The van der Waals surface area contributed by atoms with E-state index in [1.54, 1.807) is 0 Å². The summed E-state index contributed by atoms with van der Waals surface area (Å²) in [6.07, 6.45) is -2.78. The van der Waals surface area contributed by atoms with Crippen LogP contribution in [0.3, 0.4) is 0 Å². The highest BCUT2D eigenvalue weighted by Gasteiger charge is 2.33. The van der Waals surface area contributed by atoms with Gasteiger partial charge in [-0.25, -0.2) is 0 Å². The Morgan fingerprint density at radius 2 is 1.94 bits per heavy atom. The van der Waals surface area contributed by atoms with E-state index in [-0.39, 0.29) is 5.75 Å². The van der Waals surface area contributed by atoms with Crippen LogP contribution in [0.15, 0.2) is 0 Å². The second-order valence-electron chi connectivity index (χ2n) is 3.66. The molecule has 18 heavy (non-hydrogen) atoms. The molecule has 0 aromatic rings. The molecule has 0 unspecified atom stereocenters. The summed E-state index contributed by atoms with van der Waals surface area (Å²) in [6, 6.07) is 0. The molecule has 1 N–H and O–H groups in total. The number of alkyl halides is 3. The lowest BCUT2D eigenvalue weighted by Crippen LogP contribution is -2.42. The van der Waals surface area contributed by atoms with Crippen molar-refractivity contribution in [2.75, 3.05) is 24.6 Å². The zero-order valence-electron chi connectivity index (χ0n) is 10.00. The summed E-state index contributed by atoms with van der Waals surface area (Å²) in [4.78, 5) is 22.2. The Labute approximate surface area is 108 Å². The lowest BCUT2D eigenvalue weighted by atomic mass is 10.4. The van der Waals surface area contributed by atoms with Gasteiger partial charge in [0.2, 0.25) is 5.91 Å². The minimum Gasteiger partial charge on any atom is -0.480 e. The van der Waals surface area contributed by atoms with Gasteiger partial charge in [0.15, 0.2) is 0 Å². The number of aliphatic carboxylic acids is 1. The van der Waals surface area contributed by atoms with Crippen molar-refractivity contribution in [1.82, 2.24) is 4.90 Å². The molecule has 0 rings (SSSR count). The Bertz CT molecular complexity index is 284. The van der Waals surface area contributed by atoms with Crippen LogP contribution in [0.2, 0.25) is 0 Å². The van der Waals surface area contributed by atoms with Crippen molar-refractivity contribution < 1.29 is 27.9 Å². The number of nitrogens with zero attached hydrogens (tertiary/aromatic N) is 1. The van der Waals surface area contributed by atoms with Crippen molar-refractivity contribution in [3.05, 3.63) is 0 Å². The number of carboxylic acid groups (broad SMARTS) is 1. The minimum absolute atomic E-state index is 0.122. The molecule has 0 bridgehead atoms. The molecular weight excluding hydrogens is 271 g/mol. The van der Waals surface area contributed by atoms with E-state index in [0.29, 0.717) is 10.7 Å². The van der Waals surface area contributed by atoms with Gasteiger partial charge in [0.1, 0.15) is 13.1 Å². The summed E-state index contributed by atoms with van der Waals surface area (Å²) in [5, 5.41) is 8.47. The molecule has 0 spiro atoms. The van der Waals surface area contributed by atoms with Gasteiger partial charge in [0.05, 0.1) is 5.75 Å². The Morgan fingerprint density at radius 3 is 2.39 bits per heavy atom. The predicted molar refractivity (Wildman–Crippen MR) is 62.5 cm³/mol. The lowest BCUT2D eigenvalue weighted by Gasteiger charge is -2.21. The van der Waals surface area contributed by atoms with Crippen LogP contribution in [-0.4, -0.2) is 52.7 Å². The molecule has 0 saturated carbocycles. The highest BCUT2D eigenvalue weighted by molar-refractivity contribution is 7.99. The van der Waals surface area contributed by atoms with Crippen LogP contribution >= 0.6 is 11.8 Å². The third-order valence-corrected chi connectivity index (χ3v) is 2.95. The van der Waals surface area contributed by atoms with Crippen molar-refractivity contribution in [2.45, 2.75) is 25.9 Å². The van der Waals surface area contributed by atoms with Crippen LogP contribution in [0.5, 0.6) is 0 Å². The number of carboxylic acids is 1. The fourth-order valence-electron chi connectivity index (χ4n) is 1.11. The van der Waals surface area contributed by atoms with E-state index in [1.807, 2.05) is 6.92 Å². The first-order valence-electron chi connectivity index (χ1n) is 5.40. The van der Waals surface area contributed by atoms with Crippen LogP contribution < -0.4 is 0 Å². The molecule has 8 heteroatoms. The smallest absolute Gasteiger partial charge is 0.406 e. The topological polar surface area (TPSA) is 57.6 Å². The molecule has 0 aliphatic carbocycles. The summed E-state index contributed by atoms with van der Waals surface area (Å²) in [5.41, 5.74) is 0. The van der Waals surface area contributed by atoms with Gasteiger partial charge >= 0.3 is 12.1 Å². The molecule has 0 radical (unpaired) electrons. The molecule has 0 saturated heterocycles. The molecule has 0 aliphatic heterocycles. The second kappa shape index (κ2) is 8.23. The average Bonchev–Trinajstić information content (AvgIpc) is 2.20. The van der Waals surface area contributed by atoms with E-state index >= 15 is 0 Å². The standard InChI is InChI=1S/C10H16F3NO3S/c1-2-3-4-18-6-8(15)14(5-9(16)17)7-10(11,12)13/h2-7H2,1H3,(H,16,17). The maximum atomic E-state index is 12.2. The Kier molecular flexibility index (Phi) is 7.81. The molecule has 4 nitrogen and oxygen atoms in total. The quantitative estimate of drug-likeness (QED) is 0.694. The average molecular weight is 287 g/mol. The molecule has 0 aromatic heterocycles. The molecule has 0 aromatic carbocycles. The van der Waals surface area contributed by atoms with Gasteiger partial charge in [-0.2, -0.15) is 24.9 Å². The monoisotopic (exact) mass is 287 g/mol. The largest absolute Gasteiger partial charge is 0.480 e. The number of unbranched alkanes of at least 4 members (excludes halogenated alkanes) is 1. The predicted octanol–water partition coefficient (Wildman–Crippen LogP) is 2.00. The maximum absolute atomic E-state index is 12.2. The Balaban J connectivity index is 4.27. The summed E-state index contributed by atoms with van der Waals surface area (Å²) >= 11 is 1.22. The van der Waals surface area contributed by atoms with E-state index < -0.39 is 31.1 Å². The van der Waals surface area contributed by atoms with E-state index in [2.05, 4.69) is 0 Å². The second-order valence-corrected chi connectivity index (χ2v) is 4.77. The number of thioether (sulfide) groups is 1. The SMILES string of the molecule is CCCCSCC(=O)N(CC(=O)O)CC(F)(F)F. The number of carbonyl (C=O) groups is 2. The van der Waals surface area contributed by atoms with E-state index in [9.17, 15) is 22.8 Å². The van der Waals surface area contributed by atoms with Crippen molar-refractivity contribution in [3.8, 4) is 0 Å². The van der Waals surface area contributed by atoms with Crippen molar-refractivity contribution in [1.29, 1.82) is 0 Å². The van der Waals surface area contributed by atoms with Gasteiger partial charge in [-0.3, -0.25) is 9.59 Å². The minimum atomic E-state index is -4.58. The molecule has 0 fully saturated rings. The van der Waals surface area contributed by atoms with Crippen LogP contribution in [0.4, 0.5) is 13.2 Å². The van der Waals surface area contributed by atoms with Gasteiger partial charge in [0, 0.05) is 0 Å². The highest BCUT2D eigenvalue weighted by atomic mass is 32.2. The molecule has 0 aliphatic rings. The first-order chi connectivity index (χ1) is 8.26. The first kappa shape index (κ1) is 17.1. The van der Waals surface area contributed by atoms with Crippen molar-refractivity contribution in [2.24, 2.45) is 0 Å². The third kappa shape index (κ3) is 9.15. The van der Waals surface area contributed by atoms with Crippen LogP contribution in [0.25, 0.3) is 0 Å². The molecule has 106 valence electrons. The summed E-state index contributed by atoms with van der Waals surface area (Å²) in [6.45, 7) is -0.484. The van der Waals surface area contributed by atoms with Gasteiger partial charge in [0.25, 0.3) is 0 Å². The third-order valence-electron chi connectivity index (χ3n) is 1.92. The van der Waals surface area contributed by atoms with Crippen LogP contribution in [0, 0.1) is 0 Å². The maximum Gasteiger partial charge on any atom is 0.406 e. The number of hydrogen-bond acceptors (Lipinski definition) is 3. The fraction of sp³-hybridized carbons (Fsp3) is 0.800. The van der Waals surface area contributed by atoms with Crippen molar-refractivity contribution >= 4 is 23.6 Å². The van der Waals surface area contributed by atoms with Gasteiger partial charge < -0.3 is 10.0 Å². The number of carbonyl (C=O) groups excluding carboxylic acids is 1. The first-order valence-corrected chi connectivity index (χ1v) is 6.55. The van der Waals surface area contributed by atoms with Crippen LogP contribution in [-0.2, 0) is 9.59 Å². The Hall–Kier alpha value is -0.920. The highest BCUT2D eigenvalue weighted by Crippen LogP contribution is 2.17. The molecule has 0 atom stereocenters. The van der Waals surface area contributed by atoms with Gasteiger partial charge in [-0.1, -0.05) is 13.3 Å². The van der Waals surface area contributed by atoms with Gasteiger partial charge in [-0.05, 0) is 12.2 Å². The summed E-state index contributed by atoms with van der Waals surface area (Å²) in [7, 11) is 0. The van der Waals surface area contributed by atoms with Crippen molar-refractivity contribution in [3.63, 3.8) is 0 Å². The summed E-state index contributed by atoms with van der Waals surface area (Å²) < 4.78 is 36.5. The number of halogens is 3. The zero-order valence-corrected chi connectivity index (χ0v) is 10.8. The zero-order chi connectivity index (χ0) is 14.2. The number of rotatable bonds is 8. The van der Waals surface area contributed by atoms with Gasteiger partial charge in [-0.15, -0.1) is 0 Å². The normalized spacial score (nSPS) is 11.3. The van der Waals surface area contributed by atoms with Crippen LogP contribution in [0.1, 0.15) is 19.8 Å². The summed E-state index contributed by atoms with van der Waals surface area (Å²) in [5.74, 6) is -1.69. The molecule has 1 amide bonds. The molecular formula is C10H16F3NO3S. The number of amides is 1.